The van der Waals surface area contributed by atoms with Crippen LogP contribution in [0.25, 0.3) is 0 Å². The van der Waals surface area contributed by atoms with Gasteiger partial charge in [0.25, 0.3) is 0 Å². The maximum absolute atomic E-state index is 12.4. The van der Waals surface area contributed by atoms with E-state index in [2.05, 4.69) is 0 Å². The molecule has 1 unspecified atom stereocenters. The van der Waals surface area contributed by atoms with Crippen LogP contribution in [-0.2, 0) is 16.3 Å². The van der Waals surface area contributed by atoms with Gasteiger partial charge in [0.15, 0.2) is 15.6 Å². The van der Waals surface area contributed by atoms with Crippen LogP contribution in [0.4, 0.5) is 0 Å². The fourth-order valence-electron chi connectivity index (χ4n) is 2.95. The van der Waals surface area contributed by atoms with E-state index >= 15 is 0 Å². The molecule has 2 rings (SSSR count). The van der Waals surface area contributed by atoms with Gasteiger partial charge >= 0.3 is 0 Å². The zero-order chi connectivity index (χ0) is 15.5. The van der Waals surface area contributed by atoms with Crippen molar-refractivity contribution >= 4 is 15.6 Å². The van der Waals surface area contributed by atoms with Gasteiger partial charge in [0.05, 0.1) is 5.75 Å². The monoisotopic (exact) mass is 308 g/mol. The first-order valence-corrected chi connectivity index (χ1v) is 9.50. The fraction of sp³-hybridized carbons (Fsp3) is 0.588. The Morgan fingerprint density at radius 3 is 2.29 bits per heavy atom. The van der Waals surface area contributed by atoms with Gasteiger partial charge < -0.3 is 0 Å². The van der Waals surface area contributed by atoms with E-state index in [1.165, 1.54) is 6.92 Å². The van der Waals surface area contributed by atoms with E-state index in [1.54, 1.807) is 12.1 Å². The van der Waals surface area contributed by atoms with Gasteiger partial charge in [0, 0.05) is 5.56 Å². The van der Waals surface area contributed by atoms with Gasteiger partial charge in [-0.2, -0.15) is 0 Å². The number of carbonyl (C=O) groups excluding carboxylic acids is 1. The summed E-state index contributed by atoms with van der Waals surface area (Å²) in [5.74, 6) is 0.121. The molecule has 4 heteroatoms. The summed E-state index contributed by atoms with van der Waals surface area (Å²) in [4.78, 5) is 12.4. The third-order valence-corrected chi connectivity index (χ3v) is 6.72. The summed E-state index contributed by atoms with van der Waals surface area (Å²) < 4.78 is 24.8. The first kappa shape index (κ1) is 16.2. The minimum absolute atomic E-state index is 0.160. The molecule has 1 atom stereocenters. The topological polar surface area (TPSA) is 51.2 Å². The lowest BCUT2D eigenvalue weighted by Crippen LogP contribution is -2.31. The second-order valence-electron chi connectivity index (χ2n) is 6.04. The average Bonchev–Trinajstić information content (AvgIpc) is 2.98. The highest BCUT2D eigenvalue weighted by Gasteiger charge is 2.32. The number of aryl methyl sites for hydroxylation is 1. The van der Waals surface area contributed by atoms with Gasteiger partial charge in [-0.3, -0.25) is 4.79 Å². The molecule has 3 nitrogen and oxygen atoms in total. The Labute approximate surface area is 127 Å². The van der Waals surface area contributed by atoms with Crippen LogP contribution in [0.2, 0.25) is 0 Å². The summed E-state index contributed by atoms with van der Waals surface area (Å²) in [5, 5.41) is -0.939. The van der Waals surface area contributed by atoms with Crippen molar-refractivity contribution in [1.29, 1.82) is 0 Å². The Balaban J connectivity index is 2.09. The standard InChI is InChI=1S/C17H24O3S/c1-3-14-8-10-16(11-9-14)17(18)13(2)21(19,20)12-15-6-4-5-7-15/h8-11,13,15H,3-7,12H2,1-2H3. The maximum Gasteiger partial charge on any atom is 0.180 e. The van der Waals surface area contributed by atoms with Gasteiger partial charge in [0.2, 0.25) is 0 Å². The van der Waals surface area contributed by atoms with Crippen LogP contribution in [0.5, 0.6) is 0 Å². The van der Waals surface area contributed by atoms with Crippen LogP contribution in [-0.4, -0.2) is 25.2 Å². The fourth-order valence-corrected chi connectivity index (χ4v) is 4.69. The molecule has 1 fully saturated rings. The summed E-state index contributed by atoms with van der Waals surface area (Å²) in [7, 11) is -3.36. The highest BCUT2D eigenvalue weighted by Crippen LogP contribution is 2.27. The molecular formula is C17H24O3S. The molecule has 0 saturated heterocycles. The Kier molecular flexibility index (Phi) is 5.20. The molecule has 1 aliphatic carbocycles. The van der Waals surface area contributed by atoms with Crippen LogP contribution < -0.4 is 0 Å². The minimum Gasteiger partial charge on any atom is -0.293 e. The molecule has 0 radical (unpaired) electrons. The maximum atomic E-state index is 12.4. The zero-order valence-corrected chi connectivity index (χ0v) is 13.7. The Bertz CT molecular complexity index is 581. The van der Waals surface area contributed by atoms with Crippen molar-refractivity contribution in [2.75, 3.05) is 5.75 Å². The van der Waals surface area contributed by atoms with Crippen LogP contribution in [0, 0.1) is 5.92 Å². The molecule has 0 heterocycles. The Morgan fingerprint density at radius 1 is 1.19 bits per heavy atom. The highest BCUT2D eigenvalue weighted by atomic mass is 32.2. The summed E-state index contributed by atoms with van der Waals surface area (Å²) in [6.45, 7) is 3.58. The van der Waals surface area contributed by atoms with Crippen molar-refractivity contribution in [1.82, 2.24) is 0 Å². The molecule has 0 bridgehead atoms. The quantitative estimate of drug-likeness (QED) is 0.757. The Morgan fingerprint density at radius 2 is 1.76 bits per heavy atom. The van der Waals surface area contributed by atoms with Crippen molar-refractivity contribution in [2.45, 2.75) is 51.2 Å². The number of Topliss-reactive ketones (excluding diaryl/α,β-unsaturated/α-hetero) is 1. The van der Waals surface area contributed by atoms with E-state index in [9.17, 15) is 13.2 Å². The number of carbonyl (C=O) groups is 1. The number of rotatable bonds is 6. The van der Waals surface area contributed by atoms with Crippen LogP contribution >= 0.6 is 0 Å². The molecule has 1 aromatic carbocycles. The molecule has 0 N–H and O–H groups in total. The van der Waals surface area contributed by atoms with Gasteiger partial charge in [-0.05, 0) is 37.7 Å². The van der Waals surface area contributed by atoms with Gasteiger partial charge in [0.1, 0.15) is 5.25 Å². The van der Waals surface area contributed by atoms with Gasteiger partial charge in [-0.1, -0.05) is 44.0 Å². The summed E-state index contributed by atoms with van der Waals surface area (Å²) >= 11 is 0. The molecule has 0 aliphatic heterocycles. The van der Waals surface area contributed by atoms with Crippen molar-refractivity contribution < 1.29 is 13.2 Å². The SMILES string of the molecule is CCc1ccc(C(=O)C(C)S(=O)(=O)CC2CCCC2)cc1. The Hall–Kier alpha value is -1.16. The van der Waals surface area contributed by atoms with E-state index in [1.807, 2.05) is 19.1 Å². The number of sulfone groups is 1. The molecule has 0 amide bonds. The smallest absolute Gasteiger partial charge is 0.180 e. The van der Waals surface area contributed by atoms with Crippen LogP contribution in [0.3, 0.4) is 0 Å². The predicted octanol–water partition coefficient (Wildman–Crippen LogP) is 3.43. The minimum atomic E-state index is -3.36. The molecule has 116 valence electrons. The predicted molar refractivity (Wildman–Crippen MR) is 85.4 cm³/mol. The van der Waals surface area contributed by atoms with Crippen molar-refractivity contribution in [3.05, 3.63) is 35.4 Å². The molecule has 21 heavy (non-hydrogen) atoms. The van der Waals surface area contributed by atoms with Crippen LogP contribution in [0.15, 0.2) is 24.3 Å². The number of ketones is 1. The largest absolute Gasteiger partial charge is 0.293 e. The van der Waals surface area contributed by atoms with Crippen LogP contribution in [0.1, 0.15) is 55.5 Å². The number of hydrogen-bond donors (Lipinski definition) is 0. The molecule has 1 aliphatic rings. The number of benzene rings is 1. The molecular weight excluding hydrogens is 284 g/mol. The lowest BCUT2D eigenvalue weighted by molar-refractivity contribution is 0.0991. The second-order valence-corrected chi connectivity index (χ2v) is 8.40. The zero-order valence-electron chi connectivity index (χ0n) is 12.8. The summed E-state index contributed by atoms with van der Waals surface area (Å²) in [6.07, 6.45) is 5.09. The third-order valence-electron chi connectivity index (χ3n) is 4.50. The molecule has 1 aromatic rings. The average molecular weight is 308 g/mol. The summed E-state index contributed by atoms with van der Waals surface area (Å²) in [5.41, 5.74) is 1.64. The lowest BCUT2D eigenvalue weighted by atomic mass is 10.1. The molecule has 1 saturated carbocycles. The third kappa shape index (κ3) is 3.94. The van der Waals surface area contributed by atoms with E-state index in [-0.39, 0.29) is 17.5 Å². The van der Waals surface area contributed by atoms with Crippen molar-refractivity contribution in [3.63, 3.8) is 0 Å². The molecule has 0 aromatic heterocycles. The first-order chi connectivity index (χ1) is 9.94. The van der Waals surface area contributed by atoms with E-state index in [0.717, 1.165) is 37.7 Å². The molecule has 0 spiro atoms. The van der Waals surface area contributed by atoms with Gasteiger partial charge in [-0.15, -0.1) is 0 Å². The first-order valence-electron chi connectivity index (χ1n) is 7.78. The van der Waals surface area contributed by atoms with E-state index in [4.69, 9.17) is 0 Å². The van der Waals surface area contributed by atoms with E-state index < -0.39 is 15.1 Å². The summed E-state index contributed by atoms with van der Waals surface area (Å²) in [6, 6.07) is 7.26. The van der Waals surface area contributed by atoms with Crippen molar-refractivity contribution in [2.24, 2.45) is 5.92 Å². The number of hydrogen-bond acceptors (Lipinski definition) is 3. The van der Waals surface area contributed by atoms with Gasteiger partial charge in [-0.25, -0.2) is 8.42 Å². The van der Waals surface area contributed by atoms with Crippen molar-refractivity contribution in [3.8, 4) is 0 Å². The normalized spacial score (nSPS) is 17.8. The lowest BCUT2D eigenvalue weighted by Gasteiger charge is -2.15. The highest BCUT2D eigenvalue weighted by molar-refractivity contribution is 7.92. The van der Waals surface area contributed by atoms with E-state index in [0.29, 0.717) is 5.56 Å². The second kappa shape index (κ2) is 6.73.